The fourth-order valence-corrected chi connectivity index (χ4v) is 3.49. The van der Waals surface area contributed by atoms with Crippen molar-refractivity contribution < 1.29 is 9.59 Å². The minimum atomic E-state index is -0.00530. The lowest BCUT2D eigenvalue weighted by Gasteiger charge is -2.35. The molecule has 0 atom stereocenters. The van der Waals surface area contributed by atoms with Gasteiger partial charge < -0.3 is 14.7 Å². The Morgan fingerprint density at radius 2 is 1.86 bits per heavy atom. The van der Waals surface area contributed by atoms with Crippen molar-refractivity contribution in [3.8, 4) is 0 Å². The lowest BCUT2D eigenvalue weighted by atomic mass is 10.1. The molecule has 0 spiro atoms. The van der Waals surface area contributed by atoms with E-state index in [-0.39, 0.29) is 11.8 Å². The van der Waals surface area contributed by atoms with Crippen molar-refractivity contribution >= 4 is 17.6 Å². The Hall–Kier alpha value is -2.89. The zero-order valence-electron chi connectivity index (χ0n) is 16.7. The number of hydrogen-bond donors (Lipinski definition) is 0. The molecule has 6 heteroatoms. The van der Waals surface area contributed by atoms with Gasteiger partial charge in [-0.05, 0) is 24.6 Å². The second-order valence-corrected chi connectivity index (χ2v) is 7.24. The van der Waals surface area contributed by atoms with Gasteiger partial charge in [0.15, 0.2) is 0 Å². The Bertz CT molecular complexity index is 801. The Morgan fingerprint density at radius 3 is 2.50 bits per heavy atom. The van der Waals surface area contributed by atoms with E-state index < -0.39 is 0 Å². The fraction of sp³-hybridized carbons (Fsp3) is 0.409. The minimum Gasteiger partial charge on any atom is -0.353 e. The summed E-state index contributed by atoms with van der Waals surface area (Å²) in [5.74, 6) is 1.06. The van der Waals surface area contributed by atoms with Crippen molar-refractivity contribution in [2.45, 2.75) is 26.8 Å². The monoisotopic (exact) mass is 380 g/mol. The Balaban J connectivity index is 1.49. The molecule has 3 rings (SSSR count). The maximum absolute atomic E-state index is 12.6. The predicted molar refractivity (Wildman–Crippen MR) is 110 cm³/mol. The van der Waals surface area contributed by atoms with Crippen LogP contribution in [-0.4, -0.2) is 59.3 Å². The van der Waals surface area contributed by atoms with Crippen molar-refractivity contribution in [1.29, 1.82) is 0 Å². The largest absolute Gasteiger partial charge is 0.353 e. The summed E-state index contributed by atoms with van der Waals surface area (Å²) in [6.45, 7) is 7.52. The summed E-state index contributed by atoms with van der Waals surface area (Å²) in [4.78, 5) is 34.9. The molecule has 0 saturated carbocycles. The summed E-state index contributed by atoms with van der Waals surface area (Å²) in [5, 5.41) is 0. The third-order valence-corrected chi connectivity index (χ3v) is 5.10. The highest BCUT2D eigenvalue weighted by atomic mass is 16.2. The van der Waals surface area contributed by atoms with Crippen LogP contribution in [0.4, 0.5) is 5.82 Å². The van der Waals surface area contributed by atoms with Gasteiger partial charge >= 0.3 is 0 Å². The summed E-state index contributed by atoms with van der Waals surface area (Å²) < 4.78 is 0. The molecular weight excluding hydrogens is 352 g/mol. The number of anilines is 1. The lowest BCUT2D eigenvalue weighted by molar-refractivity contribution is -0.134. The van der Waals surface area contributed by atoms with Crippen LogP contribution in [0.15, 0.2) is 48.7 Å². The number of carbonyl (C=O) groups is 2. The van der Waals surface area contributed by atoms with Gasteiger partial charge in [0.25, 0.3) is 0 Å². The number of rotatable bonds is 6. The quantitative estimate of drug-likeness (QED) is 0.773. The van der Waals surface area contributed by atoms with Crippen molar-refractivity contribution in [2.24, 2.45) is 0 Å². The number of aryl methyl sites for hydroxylation is 1. The van der Waals surface area contributed by atoms with E-state index in [1.54, 1.807) is 18.0 Å². The normalized spacial score (nSPS) is 14.1. The van der Waals surface area contributed by atoms with Gasteiger partial charge in [-0.15, -0.1) is 0 Å². The molecular formula is C22H28N4O2. The smallest absolute Gasteiger partial charge is 0.224 e. The zero-order chi connectivity index (χ0) is 19.9. The summed E-state index contributed by atoms with van der Waals surface area (Å²) in [5.41, 5.74) is 2.26. The van der Waals surface area contributed by atoms with Gasteiger partial charge in [-0.1, -0.05) is 35.9 Å². The number of aromatic nitrogens is 1. The Morgan fingerprint density at radius 1 is 1.07 bits per heavy atom. The van der Waals surface area contributed by atoms with E-state index in [0.29, 0.717) is 32.6 Å². The van der Waals surface area contributed by atoms with Gasteiger partial charge in [0.2, 0.25) is 11.8 Å². The van der Waals surface area contributed by atoms with Gasteiger partial charge in [-0.25, -0.2) is 4.98 Å². The molecule has 2 heterocycles. The average molecular weight is 380 g/mol. The standard InChI is InChI=1S/C22H28N4O2/c1-18-6-5-7-20(16-18)17-26(19(2)27)11-9-22(28)25-14-12-24(13-15-25)21-8-3-4-10-23-21/h3-8,10,16H,9,11-15,17H2,1-2H3. The van der Waals surface area contributed by atoms with E-state index in [2.05, 4.69) is 16.0 Å². The van der Waals surface area contributed by atoms with Crippen LogP contribution < -0.4 is 4.90 Å². The first-order valence-electron chi connectivity index (χ1n) is 9.78. The van der Waals surface area contributed by atoms with Gasteiger partial charge in [-0.2, -0.15) is 0 Å². The summed E-state index contributed by atoms with van der Waals surface area (Å²) in [7, 11) is 0. The van der Waals surface area contributed by atoms with Crippen molar-refractivity contribution in [3.63, 3.8) is 0 Å². The van der Waals surface area contributed by atoms with Crippen LogP contribution in [0.2, 0.25) is 0 Å². The first-order valence-corrected chi connectivity index (χ1v) is 9.78. The van der Waals surface area contributed by atoms with E-state index in [9.17, 15) is 9.59 Å². The summed E-state index contributed by atoms with van der Waals surface area (Å²) >= 11 is 0. The Labute approximate surface area is 166 Å². The van der Waals surface area contributed by atoms with Gasteiger partial charge in [-0.3, -0.25) is 9.59 Å². The molecule has 1 aliphatic heterocycles. The fourth-order valence-electron chi connectivity index (χ4n) is 3.49. The predicted octanol–water partition coefficient (Wildman–Crippen LogP) is 2.48. The van der Waals surface area contributed by atoms with E-state index in [4.69, 9.17) is 0 Å². The number of pyridine rings is 1. The number of amides is 2. The summed E-state index contributed by atoms with van der Waals surface area (Å²) in [6.07, 6.45) is 2.15. The maximum Gasteiger partial charge on any atom is 0.224 e. The van der Waals surface area contributed by atoms with Crippen molar-refractivity contribution in [2.75, 3.05) is 37.6 Å². The second kappa shape index (κ2) is 9.35. The molecule has 1 aromatic heterocycles. The molecule has 1 aliphatic rings. The van der Waals surface area contributed by atoms with E-state index >= 15 is 0 Å². The van der Waals surface area contributed by atoms with Crippen LogP contribution in [-0.2, 0) is 16.1 Å². The molecule has 2 amide bonds. The first-order chi connectivity index (χ1) is 13.5. The molecule has 0 radical (unpaired) electrons. The highest BCUT2D eigenvalue weighted by Crippen LogP contribution is 2.14. The molecule has 0 unspecified atom stereocenters. The van der Waals surface area contributed by atoms with Crippen LogP contribution in [0, 0.1) is 6.92 Å². The molecule has 28 heavy (non-hydrogen) atoms. The number of piperazine rings is 1. The highest BCUT2D eigenvalue weighted by Gasteiger charge is 2.22. The number of hydrogen-bond acceptors (Lipinski definition) is 4. The third-order valence-electron chi connectivity index (χ3n) is 5.10. The van der Waals surface area contributed by atoms with Crippen molar-refractivity contribution in [1.82, 2.24) is 14.8 Å². The van der Waals surface area contributed by atoms with Crippen LogP contribution in [0.3, 0.4) is 0 Å². The molecule has 1 saturated heterocycles. The van der Waals surface area contributed by atoms with Gasteiger partial charge in [0.05, 0.1) is 0 Å². The molecule has 1 aromatic carbocycles. The SMILES string of the molecule is CC(=O)N(CCC(=O)N1CCN(c2ccccn2)CC1)Cc1cccc(C)c1. The highest BCUT2D eigenvalue weighted by molar-refractivity contribution is 5.78. The van der Waals surface area contributed by atoms with Gasteiger partial charge in [0, 0.05) is 58.8 Å². The van der Waals surface area contributed by atoms with Crippen molar-refractivity contribution in [3.05, 3.63) is 59.8 Å². The van der Waals surface area contributed by atoms with E-state index in [0.717, 1.165) is 24.5 Å². The van der Waals surface area contributed by atoms with E-state index in [1.165, 1.54) is 5.56 Å². The molecule has 0 N–H and O–H groups in total. The Kier molecular flexibility index (Phi) is 6.63. The molecule has 6 nitrogen and oxygen atoms in total. The molecule has 148 valence electrons. The molecule has 2 aromatic rings. The number of benzene rings is 1. The zero-order valence-corrected chi connectivity index (χ0v) is 16.7. The van der Waals surface area contributed by atoms with E-state index in [1.807, 2.05) is 48.2 Å². The van der Waals surface area contributed by atoms with Crippen LogP contribution in [0.1, 0.15) is 24.5 Å². The lowest BCUT2D eigenvalue weighted by Crippen LogP contribution is -2.49. The molecule has 0 bridgehead atoms. The molecule has 1 fully saturated rings. The summed E-state index contributed by atoms with van der Waals surface area (Å²) in [6, 6.07) is 14.0. The third kappa shape index (κ3) is 5.31. The number of nitrogens with zero attached hydrogens (tertiary/aromatic N) is 4. The first kappa shape index (κ1) is 19.9. The second-order valence-electron chi connectivity index (χ2n) is 7.24. The maximum atomic E-state index is 12.6. The van der Waals surface area contributed by atoms with Crippen LogP contribution in [0.25, 0.3) is 0 Å². The number of carbonyl (C=O) groups excluding carboxylic acids is 2. The topological polar surface area (TPSA) is 56.8 Å². The minimum absolute atomic E-state index is 0.00530. The van der Waals surface area contributed by atoms with Gasteiger partial charge in [0.1, 0.15) is 5.82 Å². The molecule has 0 aliphatic carbocycles. The van der Waals surface area contributed by atoms with Crippen LogP contribution in [0.5, 0.6) is 0 Å². The average Bonchev–Trinajstić information content (AvgIpc) is 2.71. The van der Waals surface area contributed by atoms with Crippen LogP contribution >= 0.6 is 0 Å².